The molecule has 0 saturated carbocycles. The fraction of sp³-hybridized carbons (Fsp3) is 0.0714. The lowest BCUT2D eigenvalue weighted by Gasteiger charge is -2.11. The van der Waals surface area contributed by atoms with E-state index < -0.39 is 19.4 Å². The fourth-order valence-electron chi connectivity index (χ4n) is 1.84. The minimum Gasteiger partial charge on any atom is -0.508 e. The molecule has 0 radical (unpaired) electrons. The van der Waals surface area contributed by atoms with Gasteiger partial charge in [0.25, 0.3) is 0 Å². The monoisotopic (exact) mass is 324 g/mol. The SMILES string of the molecule is O=C(Cc1ccc(O)cc1)c1ccc(O)cc1OP(=O)(O)O. The van der Waals surface area contributed by atoms with E-state index in [2.05, 4.69) is 4.52 Å². The molecule has 7 nitrogen and oxygen atoms in total. The maximum atomic E-state index is 12.2. The molecule has 0 heterocycles. The van der Waals surface area contributed by atoms with Gasteiger partial charge in [0.05, 0.1) is 5.56 Å². The molecule has 0 aliphatic heterocycles. The maximum Gasteiger partial charge on any atom is 0.524 e. The molecular formula is C14H13O7P. The van der Waals surface area contributed by atoms with Gasteiger partial charge in [-0.25, -0.2) is 4.57 Å². The highest BCUT2D eigenvalue weighted by atomic mass is 31.2. The first-order chi connectivity index (χ1) is 10.2. The van der Waals surface area contributed by atoms with E-state index in [9.17, 15) is 19.6 Å². The molecule has 0 bridgehead atoms. The van der Waals surface area contributed by atoms with E-state index in [0.717, 1.165) is 6.07 Å². The zero-order valence-corrected chi connectivity index (χ0v) is 12.1. The number of rotatable bonds is 5. The number of Topliss-reactive ketones (excluding diaryl/α,β-unsaturated/α-hetero) is 1. The van der Waals surface area contributed by atoms with Gasteiger partial charge in [-0.3, -0.25) is 14.6 Å². The van der Waals surface area contributed by atoms with Crippen LogP contribution in [0.15, 0.2) is 42.5 Å². The van der Waals surface area contributed by atoms with Crippen LogP contribution < -0.4 is 4.52 Å². The molecule has 0 aliphatic carbocycles. The third-order valence-corrected chi connectivity index (χ3v) is 3.22. The first-order valence-corrected chi connectivity index (χ1v) is 7.67. The van der Waals surface area contributed by atoms with Crippen LogP contribution in [0, 0.1) is 0 Å². The predicted octanol–water partition coefficient (Wildman–Crippen LogP) is 1.99. The Kier molecular flexibility index (Phi) is 4.51. The van der Waals surface area contributed by atoms with Crippen LogP contribution in [-0.4, -0.2) is 25.8 Å². The molecule has 2 aromatic carbocycles. The normalized spacial score (nSPS) is 11.2. The standard InChI is InChI=1S/C14H13O7P/c15-10-3-1-9(2-4-10)7-13(17)12-6-5-11(16)8-14(12)21-22(18,19)20/h1-6,8,15-16H,7H2,(H2,18,19,20). The van der Waals surface area contributed by atoms with Gasteiger partial charge < -0.3 is 14.7 Å². The van der Waals surface area contributed by atoms with Crippen molar-refractivity contribution < 1.29 is 33.9 Å². The second-order valence-electron chi connectivity index (χ2n) is 4.53. The van der Waals surface area contributed by atoms with Crippen molar-refractivity contribution in [2.45, 2.75) is 6.42 Å². The number of aromatic hydroxyl groups is 2. The summed E-state index contributed by atoms with van der Waals surface area (Å²) in [5, 5.41) is 18.6. The minimum absolute atomic E-state index is 0.0530. The fourth-order valence-corrected chi connectivity index (χ4v) is 2.25. The highest BCUT2D eigenvalue weighted by molar-refractivity contribution is 7.46. The van der Waals surface area contributed by atoms with Gasteiger partial charge in [0.1, 0.15) is 17.2 Å². The number of carbonyl (C=O) groups excluding carboxylic acids is 1. The zero-order chi connectivity index (χ0) is 16.3. The summed E-state index contributed by atoms with van der Waals surface area (Å²) >= 11 is 0. The summed E-state index contributed by atoms with van der Waals surface area (Å²) in [7, 11) is -4.86. The third kappa shape index (κ3) is 4.33. The number of hydrogen-bond acceptors (Lipinski definition) is 5. The first-order valence-electron chi connectivity index (χ1n) is 6.14. The van der Waals surface area contributed by atoms with Crippen LogP contribution in [0.4, 0.5) is 0 Å². The van der Waals surface area contributed by atoms with E-state index in [1.54, 1.807) is 12.1 Å². The molecule has 0 amide bonds. The van der Waals surface area contributed by atoms with Crippen molar-refractivity contribution in [2.24, 2.45) is 0 Å². The van der Waals surface area contributed by atoms with Gasteiger partial charge >= 0.3 is 7.82 Å². The third-order valence-electron chi connectivity index (χ3n) is 2.78. The number of carbonyl (C=O) groups is 1. The molecule has 4 N–H and O–H groups in total. The van der Waals surface area contributed by atoms with Crippen LogP contribution >= 0.6 is 7.82 Å². The molecule has 0 fully saturated rings. The Morgan fingerprint density at radius 1 is 1.00 bits per heavy atom. The number of hydrogen-bond donors (Lipinski definition) is 4. The molecule has 0 unspecified atom stereocenters. The average molecular weight is 324 g/mol. The van der Waals surface area contributed by atoms with Crippen molar-refractivity contribution in [1.82, 2.24) is 0 Å². The molecule has 0 atom stereocenters. The molecule has 8 heteroatoms. The highest BCUT2D eigenvalue weighted by Gasteiger charge is 2.22. The van der Waals surface area contributed by atoms with Crippen molar-refractivity contribution in [3.63, 3.8) is 0 Å². The summed E-state index contributed by atoms with van der Waals surface area (Å²) < 4.78 is 15.4. The van der Waals surface area contributed by atoms with E-state index in [1.807, 2.05) is 0 Å². The number of phosphoric ester groups is 1. The summed E-state index contributed by atoms with van der Waals surface area (Å²) in [6, 6.07) is 9.36. The topological polar surface area (TPSA) is 124 Å². The Hall–Kier alpha value is -2.34. The van der Waals surface area contributed by atoms with Crippen LogP contribution in [0.1, 0.15) is 15.9 Å². The number of ketones is 1. The summed E-state index contributed by atoms with van der Waals surface area (Å²) in [6.07, 6.45) is -0.0530. The van der Waals surface area contributed by atoms with Crippen molar-refractivity contribution in [3.05, 3.63) is 53.6 Å². The molecule has 0 saturated heterocycles. The lowest BCUT2D eigenvalue weighted by molar-refractivity contribution is 0.0991. The summed E-state index contributed by atoms with van der Waals surface area (Å²) in [6.45, 7) is 0. The second-order valence-corrected chi connectivity index (χ2v) is 5.69. The van der Waals surface area contributed by atoms with E-state index in [1.165, 1.54) is 24.3 Å². The lowest BCUT2D eigenvalue weighted by Crippen LogP contribution is -2.06. The lowest BCUT2D eigenvalue weighted by atomic mass is 10.0. The van der Waals surface area contributed by atoms with Crippen LogP contribution in [0.3, 0.4) is 0 Å². The van der Waals surface area contributed by atoms with Gasteiger partial charge in [-0.1, -0.05) is 12.1 Å². The number of phenols is 2. The minimum atomic E-state index is -4.86. The molecule has 0 aromatic heterocycles. The summed E-state index contributed by atoms with van der Waals surface area (Å²) in [5.41, 5.74) is 0.548. The molecule has 2 aromatic rings. The van der Waals surface area contributed by atoms with Gasteiger partial charge in [-0.2, -0.15) is 0 Å². The Labute approximate surface area is 125 Å². The van der Waals surface area contributed by atoms with E-state index in [-0.39, 0.29) is 23.5 Å². The van der Waals surface area contributed by atoms with Gasteiger partial charge in [-0.05, 0) is 29.8 Å². The molecule has 116 valence electrons. The van der Waals surface area contributed by atoms with Crippen molar-refractivity contribution >= 4 is 13.6 Å². The number of phenolic OH excluding ortho intramolecular Hbond substituents is 2. The van der Waals surface area contributed by atoms with E-state index in [4.69, 9.17) is 9.79 Å². The van der Waals surface area contributed by atoms with Gasteiger partial charge in [-0.15, -0.1) is 0 Å². The van der Waals surface area contributed by atoms with Crippen molar-refractivity contribution in [3.8, 4) is 17.2 Å². The predicted molar refractivity (Wildman–Crippen MR) is 76.9 cm³/mol. The van der Waals surface area contributed by atoms with Gasteiger partial charge in [0, 0.05) is 12.5 Å². The highest BCUT2D eigenvalue weighted by Crippen LogP contribution is 2.40. The largest absolute Gasteiger partial charge is 0.524 e. The van der Waals surface area contributed by atoms with Gasteiger partial charge in [0.2, 0.25) is 0 Å². The van der Waals surface area contributed by atoms with Crippen molar-refractivity contribution in [1.29, 1.82) is 0 Å². The molecule has 0 spiro atoms. The van der Waals surface area contributed by atoms with Crippen LogP contribution in [-0.2, 0) is 11.0 Å². The van der Waals surface area contributed by atoms with Crippen molar-refractivity contribution in [2.75, 3.05) is 0 Å². The molecule has 2 rings (SSSR count). The maximum absolute atomic E-state index is 12.2. The van der Waals surface area contributed by atoms with Crippen LogP contribution in [0.5, 0.6) is 17.2 Å². The Morgan fingerprint density at radius 2 is 1.59 bits per heavy atom. The Bertz CT molecular complexity index is 733. The Morgan fingerprint density at radius 3 is 2.18 bits per heavy atom. The van der Waals surface area contributed by atoms with Crippen LogP contribution in [0.25, 0.3) is 0 Å². The second kappa shape index (κ2) is 6.19. The van der Waals surface area contributed by atoms with E-state index in [0.29, 0.717) is 5.56 Å². The molecular weight excluding hydrogens is 311 g/mol. The summed E-state index contributed by atoms with van der Waals surface area (Å²) in [5.74, 6) is -1.07. The zero-order valence-electron chi connectivity index (χ0n) is 11.2. The summed E-state index contributed by atoms with van der Waals surface area (Å²) in [4.78, 5) is 30.0. The average Bonchev–Trinajstić information content (AvgIpc) is 2.39. The van der Waals surface area contributed by atoms with E-state index >= 15 is 0 Å². The number of benzene rings is 2. The quantitative estimate of drug-likeness (QED) is 0.489. The number of phosphoric acid groups is 1. The Balaban J connectivity index is 2.28. The molecule has 0 aliphatic rings. The smallest absolute Gasteiger partial charge is 0.508 e. The van der Waals surface area contributed by atoms with Crippen LogP contribution in [0.2, 0.25) is 0 Å². The molecule has 22 heavy (non-hydrogen) atoms. The first kappa shape index (κ1) is 16.0. The van der Waals surface area contributed by atoms with Gasteiger partial charge in [0.15, 0.2) is 5.78 Å².